The Balaban J connectivity index is 0.000000613. The van der Waals surface area contributed by atoms with E-state index in [0.717, 1.165) is 7.25 Å². The SMILES string of the molecule is CCO.C[Si](C)=[Zr]([CH3])([CH]1C=CC2=C1CCCC2)[CH]1C=CC2=C1CCCC2. The summed E-state index contributed by atoms with van der Waals surface area (Å²) in [6.45, 7) is 7.25. The average molecular weight is 449 g/mol. The fraction of sp³-hybridized carbons (Fsp3) is 0.652. The molecule has 143 valence electrons. The molecular weight excluding hydrogens is 412 g/mol. The molecule has 0 amide bonds. The minimum atomic E-state index is -2.29. The molecule has 2 unspecified atom stereocenters. The Morgan fingerprint density at radius 2 is 1.27 bits per heavy atom. The molecule has 0 aromatic heterocycles. The summed E-state index contributed by atoms with van der Waals surface area (Å²) < 4.78 is 4.70. The molecule has 4 aliphatic carbocycles. The first kappa shape index (κ1) is 20.7. The average Bonchev–Trinajstić information content (AvgIpc) is 3.26. The van der Waals surface area contributed by atoms with Gasteiger partial charge in [-0.25, -0.2) is 0 Å². The molecular formula is C23H37OSiZr. The molecule has 1 nitrogen and oxygen atoms in total. The molecule has 4 rings (SSSR count). The topological polar surface area (TPSA) is 20.2 Å². The van der Waals surface area contributed by atoms with E-state index < -0.39 is 18.9 Å². The number of hydrogen-bond donors (Lipinski definition) is 1. The van der Waals surface area contributed by atoms with Gasteiger partial charge in [0, 0.05) is 6.61 Å². The third-order valence-electron chi connectivity index (χ3n) is 7.21. The Kier molecular flexibility index (Phi) is 7.19. The van der Waals surface area contributed by atoms with E-state index in [0.29, 0.717) is 0 Å². The molecule has 0 radical (unpaired) electrons. The first-order valence-electron chi connectivity index (χ1n) is 10.8. The molecule has 0 aromatic carbocycles. The third kappa shape index (κ3) is 3.78. The van der Waals surface area contributed by atoms with Crippen LogP contribution in [0.4, 0.5) is 0 Å². The van der Waals surface area contributed by atoms with E-state index >= 15 is 0 Å². The molecule has 0 bridgehead atoms. The number of aliphatic hydroxyl groups excluding tert-OH is 1. The Bertz CT molecular complexity index is 666. The van der Waals surface area contributed by atoms with Gasteiger partial charge in [0.15, 0.2) is 0 Å². The van der Waals surface area contributed by atoms with Crippen molar-refractivity contribution in [3.05, 3.63) is 46.6 Å². The summed E-state index contributed by atoms with van der Waals surface area (Å²) in [6.07, 6.45) is 21.8. The summed E-state index contributed by atoms with van der Waals surface area (Å²) in [7, 11) is 0. The van der Waals surface area contributed by atoms with Crippen molar-refractivity contribution >= 4 is 5.43 Å². The molecule has 0 saturated heterocycles. The normalized spacial score (nSPS) is 29.1. The van der Waals surface area contributed by atoms with Crippen molar-refractivity contribution in [1.29, 1.82) is 0 Å². The maximum atomic E-state index is 7.57. The van der Waals surface area contributed by atoms with Gasteiger partial charge in [-0.1, -0.05) is 0 Å². The summed E-state index contributed by atoms with van der Waals surface area (Å²) in [5.74, 6) is 0. The van der Waals surface area contributed by atoms with E-state index in [4.69, 9.17) is 5.11 Å². The number of rotatable bonds is 2. The summed E-state index contributed by atoms with van der Waals surface area (Å²) in [5.41, 5.74) is 7.15. The zero-order chi connectivity index (χ0) is 18.7. The van der Waals surface area contributed by atoms with Gasteiger partial charge in [0.2, 0.25) is 0 Å². The summed E-state index contributed by atoms with van der Waals surface area (Å²) >= 11 is -2.29. The van der Waals surface area contributed by atoms with Crippen LogP contribution >= 0.6 is 0 Å². The predicted octanol–water partition coefficient (Wildman–Crippen LogP) is 6.90. The Labute approximate surface area is 165 Å². The van der Waals surface area contributed by atoms with Gasteiger partial charge in [-0.05, 0) is 6.92 Å². The van der Waals surface area contributed by atoms with Crippen molar-refractivity contribution in [3.8, 4) is 0 Å². The van der Waals surface area contributed by atoms with Crippen LogP contribution in [0.3, 0.4) is 0 Å². The van der Waals surface area contributed by atoms with Crippen LogP contribution in [0, 0.1) is 0 Å². The summed E-state index contributed by atoms with van der Waals surface area (Å²) in [6, 6.07) is 0. The molecule has 0 heterocycles. The maximum absolute atomic E-state index is 7.57. The van der Waals surface area contributed by atoms with Gasteiger partial charge in [-0.2, -0.15) is 0 Å². The van der Waals surface area contributed by atoms with Gasteiger partial charge in [-0.15, -0.1) is 0 Å². The summed E-state index contributed by atoms with van der Waals surface area (Å²) in [5, 5.41) is 7.57. The van der Waals surface area contributed by atoms with E-state index in [1.807, 2.05) is 11.1 Å². The molecule has 0 saturated carbocycles. The van der Waals surface area contributed by atoms with E-state index in [1.54, 1.807) is 18.1 Å². The van der Waals surface area contributed by atoms with E-state index in [2.05, 4.69) is 42.0 Å². The number of hydrogen-bond acceptors (Lipinski definition) is 1. The van der Waals surface area contributed by atoms with Crippen molar-refractivity contribution in [2.24, 2.45) is 0 Å². The van der Waals surface area contributed by atoms with Gasteiger partial charge in [0.25, 0.3) is 0 Å². The van der Waals surface area contributed by atoms with Crippen molar-refractivity contribution in [2.75, 3.05) is 6.61 Å². The summed E-state index contributed by atoms with van der Waals surface area (Å²) in [4.78, 5) is 0. The van der Waals surface area contributed by atoms with Crippen LogP contribution in [-0.4, -0.2) is 17.1 Å². The molecule has 26 heavy (non-hydrogen) atoms. The van der Waals surface area contributed by atoms with Crippen LogP contribution in [-0.2, 0) is 18.9 Å². The van der Waals surface area contributed by atoms with E-state index in [9.17, 15) is 0 Å². The predicted molar refractivity (Wildman–Crippen MR) is 113 cm³/mol. The van der Waals surface area contributed by atoms with Gasteiger partial charge < -0.3 is 5.11 Å². The van der Waals surface area contributed by atoms with E-state index in [-0.39, 0.29) is 12.0 Å². The molecule has 0 fully saturated rings. The van der Waals surface area contributed by atoms with Crippen molar-refractivity contribution in [2.45, 2.75) is 83.3 Å². The second-order valence-corrected chi connectivity index (χ2v) is 33.9. The Morgan fingerprint density at radius 1 is 0.885 bits per heavy atom. The monoisotopic (exact) mass is 447 g/mol. The Hall–Kier alpha value is 0.0200. The van der Waals surface area contributed by atoms with Gasteiger partial charge >= 0.3 is 147 Å². The number of aliphatic hydroxyl groups is 1. The van der Waals surface area contributed by atoms with Crippen LogP contribution in [0.2, 0.25) is 25.0 Å². The van der Waals surface area contributed by atoms with Crippen LogP contribution in [0.5, 0.6) is 0 Å². The van der Waals surface area contributed by atoms with Crippen molar-refractivity contribution < 1.29 is 24.0 Å². The number of allylic oxidation sites excluding steroid dienone is 8. The fourth-order valence-electron chi connectivity index (χ4n) is 5.59. The van der Waals surface area contributed by atoms with E-state index in [1.165, 1.54) is 51.4 Å². The first-order valence-corrected chi connectivity index (χ1v) is 22.2. The minimum absolute atomic E-state index is 0.197. The quantitative estimate of drug-likeness (QED) is 0.456. The van der Waals surface area contributed by atoms with Gasteiger partial charge in [0.05, 0.1) is 0 Å². The molecule has 0 aliphatic heterocycles. The molecule has 3 heteroatoms. The molecule has 0 spiro atoms. The Morgan fingerprint density at radius 3 is 1.65 bits per heavy atom. The van der Waals surface area contributed by atoms with Crippen LogP contribution < -0.4 is 0 Å². The fourth-order valence-corrected chi connectivity index (χ4v) is 27.8. The van der Waals surface area contributed by atoms with Gasteiger partial charge in [-0.3, -0.25) is 0 Å². The molecule has 0 aromatic rings. The van der Waals surface area contributed by atoms with Crippen molar-refractivity contribution in [3.63, 3.8) is 0 Å². The molecule has 2 atom stereocenters. The first-order chi connectivity index (χ1) is 12.5. The standard InChI is InChI=1S/2C9H11.C2H6O.C2H6Si.CH3.Zr/c2*1-2-5-9-7-3-6-8(9)4-1;1-2-3;1-3-2;;/h2*3,6-7H,1-2,4-5H2;3H,2H2,1H3;1-2H3;1H3;. The van der Waals surface area contributed by atoms with Crippen molar-refractivity contribution in [1.82, 2.24) is 0 Å². The van der Waals surface area contributed by atoms with Crippen LogP contribution in [0.25, 0.3) is 0 Å². The zero-order valence-electron chi connectivity index (χ0n) is 17.3. The third-order valence-corrected chi connectivity index (χ3v) is 37.9. The zero-order valence-corrected chi connectivity index (χ0v) is 20.7. The second-order valence-electron chi connectivity index (χ2n) is 8.79. The molecule has 4 aliphatic rings. The van der Waals surface area contributed by atoms with Crippen LogP contribution in [0.1, 0.15) is 58.3 Å². The van der Waals surface area contributed by atoms with Crippen LogP contribution in [0.15, 0.2) is 46.6 Å². The van der Waals surface area contributed by atoms with Gasteiger partial charge in [0.1, 0.15) is 0 Å². The second kappa shape index (κ2) is 9.01. The molecule has 1 N–H and O–H groups in total.